The van der Waals surface area contributed by atoms with E-state index in [9.17, 15) is 14.9 Å². The molecule has 0 bridgehead atoms. The van der Waals surface area contributed by atoms with Crippen LogP contribution in [0.15, 0.2) is 83.4 Å². The molecule has 1 aliphatic rings. The maximum atomic E-state index is 13.6. The third-order valence-corrected chi connectivity index (χ3v) is 7.14. The van der Waals surface area contributed by atoms with Gasteiger partial charge in [0.15, 0.2) is 11.5 Å². The molecule has 0 radical (unpaired) electrons. The lowest BCUT2D eigenvalue weighted by atomic mass is 9.94. The molecule has 2 aromatic carbocycles. The molecule has 13 heteroatoms. The van der Waals surface area contributed by atoms with Crippen molar-refractivity contribution in [3.63, 3.8) is 0 Å². The van der Waals surface area contributed by atoms with E-state index in [0.717, 1.165) is 11.1 Å². The summed E-state index contributed by atoms with van der Waals surface area (Å²) in [5.74, 6) is 1.72. The lowest BCUT2D eigenvalue weighted by molar-refractivity contribution is -0.384. The highest BCUT2D eigenvalue weighted by molar-refractivity contribution is 7.98. The van der Waals surface area contributed by atoms with Crippen molar-refractivity contribution in [3.05, 3.63) is 99.5 Å². The summed E-state index contributed by atoms with van der Waals surface area (Å²) in [6, 6.07) is 14.7. The van der Waals surface area contributed by atoms with E-state index >= 15 is 0 Å². The summed E-state index contributed by atoms with van der Waals surface area (Å²) in [5, 5.41) is 22.3. The normalized spacial score (nSPS) is 14.2. The first-order chi connectivity index (χ1) is 19.4. The number of nitro benzene ring substituents is 1. The Kier molecular flexibility index (Phi) is 7.64. The number of hydrogen-bond donors (Lipinski definition) is 2. The Morgan fingerprint density at radius 2 is 1.93 bits per heavy atom. The number of allylic oxidation sites excluding steroid dienone is 1. The molecule has 40 heavy (non-hydrogen) atoms. The number of nitrogens with one attached hydrogen (secondary N) is 2. The van der Waals surface area contributed by atoms with Gasteiger partial charge in [0.25, 0.3) is 11.6 Å². The van der Waals surface area contributed by atoms with Crippen molar-refractivity contribution >= 4 is 35.0 Å². The van der Waals surface area contributed by atoms with Crippen LogP contribution < -0.4 is 20.1 Å². The average molecular weight is 560 g/mol. The topological polar surface area (TPSA) is 146 Å². The molecule has 4 aromatic rings. The Labute approximate surface area is 233 Å². The molecule has 204 valence electrons. The van der Waals surface area contributed by atoms with E-state index in [4.69, 9.17) is 14.6 Å². The molecule has 1 atom stereocenters. The van der Waals surface area contributed by atoms with Gasteiger partial charge in [-0.2, -0.15) is 4.98 Å². The van der Waals surface area contributed by atoms with Crippen molar-refractivity contribution in [3.8, 4) is 11.5 Å². The number of anilines is 2. The number of nitrogens with zero attached hydrogens (tertiary/aromatic N) is 5. The van der Waals surface area contributed by atoms with E-state index in [1.807, 2.05) is 19.1 Å². The van der Waals surface area contributed by atoms with Crippen LogP contribution in [-0.4, -0.2) is 44.8 Å². The Morgan fingerprint density at radius 1 is 1.15 bits per heavy atom. The van der Waals surface area contributed by atoms with Gasteiger partial charge in [-0.25, -0.2) is 4.68 Å². The highest BCUT2D eigenvalue weighted by Crippen LogP contribution is 2.40. The number of amides is 1. The molecule has 2 aromatic heterocycles. The minimum absolute atomic E-state index is 0.0323. The number of non-ortho nitro benzene ring substituents is 1. The van der Waals surface area contributed by atoms with E-state index < -0.39 is 11.0 Å². The van der Waals surface area contributed by atoms with Gasteiger partial charge < -0.3 is 20.1 Å². The van der Waals surface area contributed by atoms with Crippen LogP contribution in [-0.2, 0) is 10.5 Å². The number of rotatable bonds is 9. The van der Waals surface area contributed by atoms with Crippen molar-refractivity contribution in [2.45, 2.75) is 23.9 Å². The number of carbonyl (C=O) groups is 1. The molecule has 0 aliphatic carbocycles. The standard InChI is InChI=1S/C27H25N7O5S/c1-16-23(25(35)30-19-5-4-12-28-14-19)24(18-8-11-21(38-2)22(13-18)39-3)33-26(29-16)31-27(32-33)40-15-17-6-9-20(10-7-17)34(36)37/h4-14,24H,15H2,1-3H3,(H,30,35)(H,29,31,32). The zero-order valence-electron chi connectivity index (χ0n) is 21.8. The van der Waals surface area contributed by atoms with E-state index in [-0.39, 0.29) is 11.6 Å². The first kappa shape index (κ1) is 26.7. The van der Waals surface area contributed by atoms with E-state index in [1.54, 1.807) is 61.6 Å². The quantitative estimate of drug-likeness (QED) is 0.166. The number of carbonyl (C=O) groups excluding carboxylic acids is 1. The number of fused-ring (bicyclic) bond motifs is 1. The fraction of sp³-hybridized carbons (Fsp3) is 0.185. The number of thioether (sulfide) groups is 1. The molecule has 3 heterocycles. The molecule has 1 amide bonds. The molecule has 0 fully saturated rings. The molecule has 1 unspecified atom stereocenters. The zero-order valence-corrected chi connectivity index (χ0v) is 22.6. The van der Waals surface area contributed by atoms with Gasteiger partial charge in [-0.15, -0.1) is 5.10 Å². The van der Waals surface area contributed by atoms with Gasteiger partial charge in [-0.3, -0.25) is 19.9 Å². The number of aromatic nitrogens is 4. The van der Waals surface area contributed by atoms with E-state index in [0.29, 0.717) is 45.3 Å². The van der Waals surface area contributed by atoms with Gasteiger partial charge in [-0.1, -0.05) is 30.0 Å². The van der Waals surface area contributed by atoms with Gasteiger partial charge >= 0.3 is 0 Å². The zero-order chi connectivity index (χ0) is 28.2. The fourth-order valence-electron chi connectivity index (χ4n) is 4.31. The fourth-order valence-corrected chi connectivity index (χ4v) is 5.10. The lowest BCUT2D eigenvalue weighted by Gasteiger charge is -2.29. The predicted octanol–water partition coefficient (Wildman–Crippen LogP) is 4.82. The Balaban J connectivity index is 1.49. The third-order valence-electron chi connectivity index (χ3n) is 6.24. The van der Waals surface area contributed by atoms with Crippen LogP contribution in [0.3, 0.4) is 0 Å². The highest BCUT2D eigenvalue weighted by atomic mass is 32.2. The molecule has 12 nitrogen and oxygen atoms in total. The lowest BCUT2D eigenvalue weighted by Crippen LogP contribution is -2.31. The molecule has 0 spiro atoms. The highest BCUT2D eigenvalue weighted by Gasteiger charge is 2.35. The second-order valence-electron chi connectivity index (χ2n) is 8.75. The Morgan fingerprint density at radius 3 is 2.60 bits per heavy atom. The summed E-state index contributed by atoms with van der Waals surface area (Å²) >= 11 is 1.38. The summed E-state index contributed by atoms with van der Waals surface area (Å²) in [4.78, 5) is 32.9. The van der Waals surface area contributed by atoms with Gasteiger partial charge in [0, 0.05) is 29.8 Å². The number of benzene rings is 2. The number of hydrogen-bond acceptors (Lipinski definition) is 10. The summed E-state index contributed by atoms with van der Waals surface area (Å²) in [5.41, 5.74) is 3.28. The average Bonchev–Trinajstić information content (AvgIpc) is 3.38. The number of methoxy groups -OCH3 is 2. The second kappa shape index (κ2) is 11.5. The monoisotopic (exact) mass is 559 g/mol. The minimum atomic E-state index is -0.631. The molecule has 5 rings (SSSR count). The molecular weight excluding hydrogens is 534 g/mol. The SMILES string of the molecule is COc1ccc(C2C(C(=O)Nc3cccnc3)=C(C)Nc3nc(SCc4ccc([N+](=O)[O-])cc4)nn32)cc1OC. The van der Waals surface area contributed by atoms with E-state index in [1.165, 1.54) is 23.9 Å². The second-order valence-corrected chi connectivity index (χ2v) is 9.69. The van der Waals surface area contributed by atoms with Crippen molar-refractivity contribution in [2.75, 3.05) is 24.9 Å². The van der Waals surface area contributed by atoms with Crippen molar-refractivity contribution in [1.82, 2.24) is 19.7 Å². The van der Waals surface area contributed by atoms with Gasteiger partial charge in [0.2, 0.25) is 11.1 Å². The molecule has 0 saturated carbocycles. The van der Waals surface area contributed by atoms with Crippen LogP contribution in [0.4, 0.5) is 17.3 Å². The number of pyridine rings is 1. The summed E-state index contributed by atoms with van der Waals surface area (Å²) < 4.78 is 12.6. The summed E-state index contributed by atoms with van der Waals surface area (Å²) in [6.07, 6.45) is 3.20. The molecule has 2 N–H and O–H groups in total. The maximum Gasteiger partial charge on any atom is 0.269 e. The summed E-state index contributed by atoms with van der Waals surface area (Å²) in [7, 11) is 3.11. The van der Waals surface area contributed by atoms with Crippen LogP contribution in [0.2, 0.25) is 0 Å². The van der Waals surface area contributed by atoms with Crippen LogP contribution >= 0.6 is 11.8 Å². The third kappa shape index (κ3) is 5.45. The largest absolute Gasteiger partial charge is 0.493 e. The summed E-state index contributed by atoms with van der Waals surface area (Å²) in [6.45, 7) is 1.81. The molecular formula is C27H25N7O5S. The number of nitro groups is 1. The van der Waals surface area contributed by atoms with Crippen LogP contribution in [0, 0.1) is 10.1 Å². The predicted molar refractivity (Wildman–Crippen MR) is 150 cm³/mol. The van der Waals surface area contributed by atoms with Crippen molar-refractivity contribution in [2.24, 2.45) is 0 Å². The first-order valence-electron chi connectivity index (χ1n) is 12.1. The van der Waals surface area contributed by atoms with Crippen molar-refractivity contribution < 1.29 is 19.2 Å². The van der Waals surface area contributed by atoms with Crippen LogP contribution in [0.25, 0.3) is 0 Å². The minimum Gasteiger partial charge on any atom is -0.493 e. The number of ether oxygens (including phenoxy) is 2. The molecule has 0 saturated heterocycles. The smallest absolute Gasteiger partial charge is 0.269 e. The Hall–Kier alpha value is -4.91. The van der Waals surface area contributed by atoms with Crippen LogP contribution in [0.5, 0.6) is 11.5 Å². The van der Waals surface area contributed by atoms with E-state index in [2.05, 4.69) is 20.6 Å². The Bertz CT molecular complexity index is 1590. The van der Waals surface area contributed by atoms with Gasteiger partial charge in [0.1, 0.15) is 6.04 Å². The van der Waals surface area contributed by atoms with Crippen molar-refractivity contribution in [1.29, 1.82) is 0 Å². The van der Waals surface area contributed by atoms with Crippen LogP contribution in [0.1, 0.15) is 24.1 Å². The van der Waals surface area contributed by atoms with Gasteiger partial charge in [-0.05, 0) is 42.3 Å². The maximum absolute atomic E-state index is 13.6. The molecule has 1 aliphatic heterocycles. The van der Waals surface area contributed by atoms with Gasteiger partial charge in [0.05, 0.1) is 36.6 Å². The first-order valence-corrected chi connectivity index (χ1v) is 13.1.